The molecule has 1 aliphatic rings. The molecule has 0 aliphatic heterocycles. The van der Waals surface area contributed by atoms with Crippen LogP contribution in [0.4, 0.5) is 0 Å². The summed E-state index contributed by atoms with van der Waals surface area (Å²) in [6.07, 6.45) is 6.50. The number of aryl methyl sites for hydroxylation is 1. The average Bonchev–Trinajstić information content (AvgIpc) is 2.46. The van der Waals surface area contributed by atoms with Crippen molar-refractivity contribution >= 4 is 25.1 Å². The lowest BCUT2D eigenvalue weighted by atomic mass is 10.2. The van der Waals surface area contributed by atoms with Crippen molar-refractivity contribution in [3.8, 4) is 0 Å². The van der Waals surface area contributed by atoms with Crippen LogP contribution >= 0.6 is 19.4 Å². The molecule has 0 aromatic heterocycles. The molecule has 0 saturated heterocycles. The van der Waals surface area contributed by atoms with Gasteiger partial charge in [-0.05, 0) is 30.2 Å². The van der Waals surface area contributed by atoms with Crippen molar-refractivity contribution < 1.29 is 19.1 Å². The van der Waals surface area contributed by atoms with Gasteiger partial charge in [0.05, 0.1) is 12.6 Å². The Bertz CT molecular complexity index is 670. The summed E-state index contributed by atoms with van der Waals surface area (Å²) >= 11 is 1.59. The molecule has 0 unspecified atom stereocenters. The first-order valence-corrected chi connectivity index (χ1v) is 8.98. The van der Waals surface area contributed by atoms with Gasteiger partial charge in [0.15, 0.2) is 0 Å². The van der Waals surface area contributed by atoms with Gasteiger partial charge >= 0.3 is 7.60 Å². The zero-order valence-corrected chi connectivity index (χ0v) is 12.9. The highest BCUT2D eigenvalue weighted by Crippen LogP contribution is 2.35. The summed E-state index contributed by atoms with van der Waals surface area (Å²) < 4.78 is 10.8. The Balaban J connectivity index is 1.94. The second kappa shape index (κ2) is 7.03. The molecular weight excluding hydrogens is 307 g/mol. The summed E-state index contributed by atoms with van der Waals surface area (Å²) in [5.41, 5.74) is 10.2. The third-order valence-electron chi connectivity index (χ3n) is 2.93. The molecule has 0 fully saturated rings. The van der Waals surface area contributed by atoms with Crippen LogP contribution in [-0.4, -0.2) is 26.5 Å². The van der Waals surface area contributed by atoms with E-state index in [-0.39, 0.29) is 6.16 Å². The van der Waals surface area contributed by atoms with E-state index >= 15 is 0 Å². The summed E-state index contributed by atoms with van der Waals surface area (Å²) in [6.45, 7) is 0. The van der Waals surface area contributed by atoms with Gasteiger partial charge in [-0.3, -0.25) is 4.57 Å². The molecule has 1 aromatic carbocycles. The van der Waals surface area contributed by atoms with E-state index in [0.29, 0.717) is 18.6 Å². The molecule has 110 valence electrons. The molecule has 5 nitrogen and oxygen atoms in total. The van der Waals surface area contributed by atoms with Crippen molar-refractivity contribution in [3.63, 3.8) is 0 Å². The summed E-state index contributed by atoms with van der Waals surface area (Å²) in [5.74, 6) is 0. The van der Waals surface area contributed by atoms with Crippen LogP contribution in [0.1, 0.15) is 12.0 Å². The van der Waals surface area contributed by atoms with Crippen molar-refractivity contribution in [2.24, 2.45) is 0 Å². The first-order chi connectivity index (χ1) is 9.96. The van der Waals surface area contributed by atoms with Crippen LogP contribution in [0.15, 0.2) is 52.3 Å². The Morgan fingerprint density at radius 2 is 1.95 bits per heavy atom. The van der Waals surface area contributed by atoms with E-state index in [1.165, 1.54) is 0 Å². The zero-order chi connectivity index (χ0) is 15.3. The number of thioether (sulfide) groups is 1. The lowest BCUT2D eigenvalue weighted by Gasteiger charge is -2.07. The minimum atomic E-state index is -3.94. The summed E-state index contributed by atoms with van der Waals surface area (Å²) in [4.78, 5) is 23.0. The Labute approximate surface area is 127 Å². The van der Waals surface area contributed by atoms with Crippen molar-refractivity contribution in [1.29, 1.82) is 0 Å². The first-order valence-electron chi connectivity index (χ1n) is 6.37. The maximum Gasteiger partial charge on any atom is 0.325 e. The molecule has 0 atom stereocenters. The second-order valence-corrected chi connectivity index (χ2v) is 7.54. The van der Waals surface area contributed by atoms with E-state index in [0.717, 1.165) is 15.4 Å². The molecule has 1 aromatic rings. The number of benzene rings is 1. The van der Waals surface area contributed by atoms with Gasteiger partial charge < -0.3 is 15.3 Å². The van der Waals surface area contributed by atoms with E-state index in [2.05, 4.69) is 4.79 Å². The van der Waals surface area contributed by atoms with Crippen molar-refractivity contribution in [3.05, 3.63) is 58.5 Å². The molecule has 7 heteroatoms. The molecule has 0 radical (unpaired) electrons. The maximum absolute atomic E-state index is 10.8. The normalized spacial score (nSPS) is 14.8. The van der Waals surface area contributed by atoms with Crippen molar-refractivity contribution in [2.75, 3.05) is 6.16 Å². The standard InChI is InChI=1S/C14H15N2O3PS/c15-16-12-3-7-14(8-4-12)21-13-5-1-11(2-6-13)9-10-20(17,18)19/h1-3,5-8H,4,9-10H2,(H2,17,18,19). The van der Waals surface area contributed by atoms with Gasteiger partial charge in [-0.15, -0.1) is 0 Å². The zero-order valence-electron chi connectivity index (χ0n) is 11.2. The lowest BCUT2D eigenvalue weighted by molar-refractivity contribution is -0.00538. The lowest BCUT2D eigenvalue weighted by Crippen LogP contribution is -1.97. The van der Waals surface area contributed by atoms with E-state index in [1.54, 1.807) is 17.8 Å². The molecule has 0 heterocycles. The number of nitrogens with zero attached hydrogens (tertiary/aromatic N) is 2. The smallest absolute Gasteiger partial charge is 0.325 e. The fourth-order valence-corrected chi connectivity index (χ4v) is 3.20. The Hall–Kier alpha value is -1.42. The summed E-state index contributed by atoms with van der Waals surface area (Å²) in [7, 11) is -3.94. The number of rotatable bonds is 5. The van der Waals surface area contributed by atoms with Gasteiger partial charge in [-0.25, -0.2) is 0 Å². The summed E-state index contributed by atoms with van der Waals surface area (Å²) in [5, 5.41) is 0. The molecule has 2 rings (SSSR count). The van der Waals surface area contributed by atoms with E-state index in [1.807, 2.05) is 36.4 Å². The first kappa shape index (κ1) is 16.0. The molecule has 2 N–H and O–H groups in total. The van der Waals surface area contributed by atoms with Crippen LogP contribution in [0.5, 0.6) is 0 Å². The average molecular weight is 322 g/mol. The molecule has 1 aliphatic carbocycles. The Kier molecular flexibility index (Phi) is 5.34. The minimum absolute atomic E-state index is 0.128. The SMILES string of the molecule is [N-]=[N+]=C1C=CC(Sc2ccc(CCP(=O)(O)O)cc2)=CC1. The highest BCUT2D eigenvalue weighted by Gasteiger charge is 2.12. The fourth-order valence-electron chi connectivity index (χ4n) is 1.80. The monoisotopic (exact) mass is 322 g/mol. The van der Waals surface area contributed by atoms with E-state index < -0.39 is 7.60 Å². The molecule has 0 amide bonds. The van der Waals surface area contributed by atoms with Crippen LogP contribution in [0.2, 0.25) is 0 Å². The molecular formula is C14H15N2O3PS. The number of hydrogen-bond acceptors (Lipinski definition) is 2. The molecule has 0 bridgehead atoms. The van der Waals surface area contributed by atoms with Gasteiger partial charge in [-0.2, -0.15) is 4.79 Å². The van der Waals surface area contributed by atoms with Gasteiger partial charge in [0, 0.05) is 15.9 Å². The largest absolute Gasteiger partial charge is 0.361 e. The second-order valence-electron chi connectivity index (χ2n) is 4.62. The third-order valence-corrected chi connectivity index (χ3v) is 4.78. The highest BCUT2D eigenvalue weighted by molar-refractivity contribution is 8.03. The fraction of sp³-hybridized carbons (Fsp3) is 0.214. The number of allylic oxidation sites excluding steroid dienone is 3. The molecule has 0 spiro atoms. The third kappa shape index (κ3) is 5.46. The quantitative estimate of drug-likeness (QED) is 0.495. The maximum atomic E-state index is 10.8. The topological polar surface area (TPSA) is 93.9 Å². The van der Waals surface area contributed by atoms with Crippen molar-refractivity contribution in [2.45, 2.75) is 17.7 Å². The van der Waals surface area contributed by atoms with Gasteiger partial charge in [-0.1, -0.05) is 30.0 Å². The van der Waals surface area contributed by atoms with Crippen LogP contribution in [-0.2, 0) is 11.0 Å². The van der Waals surface area contributed by atoms with Crippen LogP contribution in [0, 0.1) is 0 Å². The predicted octanol–water partition coefficient (Wildman–Crippen LogP) is 3.01. The summed E-state index contributed by atoms with van der Waals surface area (Å²) in [6, 6.07) is 7.63. The van der Waals surface area contributed by atoms with Crippen molar-refractivity contribution in [1.82, 2.24) is 0 Å². The van der Waals surface area contributed by atoms with E-state index in [9.17, 15) is 4.57 Å². The molecule has 21 heavy (non-hydrogen) atoms. The van der Waals surface area contributed by atoms with E-state index in [4.69, 9.17) is 15.3 Å². The van der Waals surface area contributed by atoms with Gasteiger partial charge in [0.2, 0.25) is 0 Å². The van der Waals surface area contributed by atoms with Crippen LogP contribution in [0.25, 0.3) is 5.53 Å². The Morgan fingerprint density at radius 1 is 1.24 bits per heavy atom. The molecule has 0 saturated carbocycles. The Morgan fingerprint density at radius 3 is 2.48 bits per heavy atom. The minimum Gasteiger partial charge on any atom is -0.361 e. The van der Waals surface area contributed by atoms with Crippen LogP contribution in [0.3, 0.4) is 0 Å². The highest BCUT2D eigenvalue weighted by atomic mass is 32.2. The van der Waals surface area contributed by atoms with Gasteiger partial charge in [0.1, 0.15) is 0 Å². The van der Waals surface area contributed by atoms with Gasteiger partial charge in [0.25, 0.3) is 5.71 Å². The van der Waals surface area contributed by atoms with Crippen LogP contribution < -0.4 is 0 Å². The predicted molar refractivity (Wildman–Crippen MR) is 83.4 cm³/mol. The number of hydrogen-bond donors (Lipinski definition) is 2.